The van der Waals surface area contributed by atoms with Gasteiger partial charge in [0.25, 0.3) is 5.91 Å². The molecule has 0 spiro atoms. The maximum atomic E-state index is 12.1. The second kappa shape index (κ2) is 7.66. The summed E-state index contributed by atoms with van der Waals surface area (Å²) in [4.78, 5) is 24.2. The first-order valence-electron chi connectivity index (χ1n) is 8.06. The van der Waals surface area contributed by atoms with Crippen molar-refractivity contribution in [3.63, 3.8) is 0 Å². The number of rotatable bonds is 4. The van der Waals surface area contributed by atoms with Gasteiger partial charge in [0, 0.05) is 0 Å². The number of para-hydroxylation sites is 2. The Kier molecular flexibility index (Phi) is 5.32. The molecule has 6 nitrogen and oxygen atoms in total. The van der Waals surface area contributed by atoms with Crippen molar-refractivity contribution in [1.82, 2.24) is 0 Å². The second-order valence-corrected chi connectivity index (χ2v) is 6.37. The Morgan fingerprint density at radius 1 is 1.23 bits per heavy atom. The fourth-order valence-corrected chi connectivity index (χ4v) is 2.98. The zero-order valence-electron chi connectivity index (χ0n) is 14.4. The lowest BCUT2D eigenvalue weighted by atomic mass is 10.1. The van der Waals surface area contributed by atoms with E-state index >= 15 is 0 Å². The summed E-state index contributed by atoms with van der Waals surface area (Å²) in [5, 5.41) is 3.09. The summed E-state index contributed by atoms with van der Waals surface area (Å²) in [6.07, 6.45) is -0.914. The molecule has 7 heteroatoms. The second-order valence-electron chi connectivity index (χ2n) is 5.96. The number of benzene rings is 2. The topological polar surface area (TPSA) is 73.9 Å². The van der Waals surface area contributed by atoms with Crippen molar-refractivity contribution < 1.29 is 23.8 Å². The zero-order valence-corrected chi connectivity index (χ0v) is 15.1. The van der Waals surface area contributed by atoms with E-state index in [1.165, 1.54) is 0 Å². The molecule has 136 valence electrons. The zero-order chi connectivity index (χ0) is 18.7. The number of carbonyl (C=O) groups excluding carboxylic acids is 2. The Labute approximate surface area is 156 Å². The maximum absolute atomic E-state index is 12.1. The summed E-state index contributed by atoms with van der Waals surface area (Å²) in [6, 6.07) is 10.7. The van der Waals surface area contributed by atoms with E-state index in [4.69, 9.17) is 25.8 Å². The predicted octanol–water partition coefficient (Wildman–Crippen LogP) is 3.28. The van der Waals surface area contributed by atoms with Crippen molar-refractivity contribution in [2.45, 2.75) is 20.0 Å². The standard InChI is InChI=1S/C19H18ClNO5/c1-11-7-12(2)18(13(20)8-11)21-17(22)10-25-19(23)16-9-24-14-5-3-4-6-15(14)26-16/h3-8,16H,9-10H2,1-2H3,(H,21,22). The quantitative estimate of drug-likeness (QED) is 0.830. The number of anilines is 1. The molecule has 1 N–H and O–H groups in total. The molecule has 0 saturated heterocycles. The summed E-state index contributed by atoms with van der Waals surface area (Å²) < 4.78 is 16.0. The van der Waals surface area contributed by atoms with Gasteiger partial charge >= 0.3 is 5.97 Å². The minimum atomic E-state index is -0.914. The number of hydrogen-bond acceptors (Lipinski definition) is 5. The van der Waals surface area contributed by atoms with Crippen LogP contribution in [0.15, 0.2) is 36.4 Å². The van der Waals surface area contributed by atoms with Crippen molar-refractivity contribution >= 4 is 29.2 Å². The van der Waals surface area contributed by atoms with Crippen LogP contribution in [0.2, 0.25) is 5.02 Å². The molecule has 0 bridgehead atoms. The first kappa shape index (κ1) is 18.1. The Bertz CT molecular complexity index is 829. The van der Waals surface area contributed by atoms with E-state index < -0.39 is 24.6 Å². The van der Waals surface area contributed by atoms with Crippen molar-refractivity contribution in [2.24, 2.45) is 0 Å². The average molecular weight is 376 g/mol. The lowest BCUT2D eigenvalue weighted by Gasteiger charge is -2.24. The fraction of sp³-hybridized carbons (Fsp3) is 0.263. The van der Waals surface area contributed by atoms with Gasteiger partial charge in [0.05, 0.1) is 10.7 Å². The third kappa shape index (κ3) is 4.08. The van der Waals surface area contributed by atoms with Crippen LogP contribution in [0, 0.1) is 13.8 Å². The number of carbonyl (C=O) groups is 2. The van der Waals surface area contributed by atoms with Crippen LogP contribution >= 0.6 is 11.6 Å². The molecule has 0 radical (unpaired) electrons. The van der Waals surface area contributed by atoms with Crippen molar-refractivity contribution in [1.29, 1.82) is 0 Å². The van der Waals surface area contributed by atoms with Gasteiger partial charge in [-0.2, -0.15) is 0 Å². The monoisotopic (exact) mass is 375 g/mol. The maximum Gasteiger partial charge on any atom is 0.351 e. The average Bonchev–Trinajstić information content (AvgIpc) is 2.62. The molecule has 1 amide bonds. The van der Waals surface area contributed by atoms with Crippen LogP contribution in [0.5, 0.6) is 11.5 Å². The van der Waals surface area contributed by atoms with E-state index in [9.17, 15) is 9.59 Å². The van der Waals surface area contributed by atoms with Crippen molar-refractivity contribution in [2.75, 3.05) is 18.5 Å². The molecule has 1 aliphatic rings. The number of esters is 1. The van der Waals surface area contributed by atoms with E-state index in [1.807, 2.05) is 26.0 Å². The van der Waals surface area contributed by atoms with E-state index in [1.54, 1.807) is 24.3 Å². The molecule has 1 aliphatic heterocycles. The van der Waals surface area contributed by atoms with Gasteiger partial charge in [-0.1, -0.05) is 29.8 Å². The van der Waals surface area contributed by atoms with Gasteiger partial charge in [0.15, 0.2) is 18.1 Å². The van der Waals surface area contributed by atoms with Gasteiger partial charge in [0.1, 0.15) is 6.61 Å². The Hall–Kier alpha value is -2.73. The molecule has 26 heavy (non-hydrogen) atoms. The van der Waals surface area contributed by atoms with Gasteiger partial charge in [-0.15, -0.1) is 0 Å². The van der Waals surface area contributed by atoms with E-state index in [2.05, 4.69) is 5.32 Å². The van der Waals surface area contributed by atoms with Crippen LogP contribution in [0.25, 0.3) is 0 Å². The molecular weight excluding hydrogens is 358 g/mol. The van der Waals surface area contributed by atoms with Crippen LogP contribution in [-0.2, 0) is 14.3 Å². The van der Waals surface area contributed by atoms with Crippen LogP contribution < -0.4 is 14.8 Å². The summed E-state index contributed by atoms with van der Waals surface area (Å²) in [7, 11) is 0. The number of halogens is 1. The summed E-state index contributed by atoms with van der Waals surface area (Å²) in [5.41, 5.74) is 2.33. The summed E-state index contributed by atoms with van der Waals surface area (Å²) in [6.45, 7) is 3.34. The molecule has 1 heterocycles. The Morgan fingerprint density at radius 2 is 1.96 bits per heavy atom. The normalized spacial score (nSPS) is 15.3. The first-order chi connectivity index (χ1) is 12.4. The number of nitrogens with one attached hydrogen (secondary N) is 1. The Balaban J connectivity index is 1.54. The van der Waals surface area contributed by atoms with Gasteiger partial charge in [-0.3, -0.25) is 4.79 Å². The number of ether oxygens (including phenoxy) is 3. The third-order valence-electron chi connectivity index (χ3n) is 3.81. The molecule has 2 aromatic carbocycles. The van der Waals surface area contributed by atoms with Crippen LogP contribution in [-0.4, -0.2) is 31.2 Å². The number of amides is 1. The predicted molar refractivity (Wildman–Crippen MR) is 96.9 cm³/mol. The van der Waals surface area contributed by atoms with Crippen molar-refractivity contribution in [3.05, 3.63) is 52.5 Å². The highest BCUT2D eigenvalue weighted by Gasteiger charge is 2.29. The number of aryl methyl sites for hydroxylation is 2. The van der Waals surface area contributed by atoms with Gasteiger partial charge in [0.2, 0.25) is 6.10 Å². The molecule has 3 rings (SSSR count). The molecule has 0 fully saturated rings. The van der Waals surface area contributed by atoms with Crippen LogP contribution in [0.1, 0.15) is 11.1 Å². The fourth-order valence-electron chi connectivity index (χ4n) is 2.61. The van der Waals surface area contributed by atoms with Gasteiger partial charge < -0.3 is 19.5 Å². The highest BCUT2D eigenvalue weighted by molar-refractivity contribution is 6.34. The van der Waals surface area contributed by atoms with E-state index in [0.717, 1.165) is 11.1 Å². The molecular formula is C19H18ClNO5. The molecule has 0 aliphatic carbocycles. The SMILES string of the molecule is Cc1cc(C)c(NC(=O)COC(=O)C2COc3ccccc3O2)c(Cl)c1. The number of hydrogen-bond donors (Lipinski definition) is 1. The molecule has 1 atom stereocenters. The minimum absolute atomic E-state index is 0.0281. The smallest absolute Gasteiger partial charge is 0.351 e. The lowest BCUT2D eigenvalue weighted by molar-refractivity contribution is -0.156. The van der Waals surface area contributed by atoms with E-state index in [0.29, 0.717) is 22.2 Å². The molecule has 2 aromatic rings. The summed E-state index contributed by atoms with van der Waals surface area (Å²) >= 11 is 6.15. The Morgan fingerprint density at radius 3 is 2.69 bits per heavy atom. The summed E-state index contributed by atoms with van der Waals surface area (Å²) in [5.74, 6) is -0.114. The third-order valence-corrected chi connectivity index (χ3v) is 4.11. The molecule has 1 unspecified atom stereocenters. The lowest BCUT2D eigenvalue weighted by Crippen LogP contribution is -2.39. The molecule has 0 saturated carbocycles. The number of fused-ring (bicyclic) bond motifs is 1. The van der Waals surface area contributed by atoms with Crippen molar-refractivity contribution in [3.8, 4) is 11.5 Å². The molecule has 0 aromatic heterocycles. The van der Waals surface area contributed by atoms with Gasteiger partial charge in [-0.05, 0) is 43.2 Å². The van der Waals surface area contributed by atoms with Crippen LogP contribution in [0.4, 0.5) is 5.69 Å². The highest BCUT2D eigenvalue weighted by Crippen LogP contribution is 2.31. The van der Waals surface area contributed by atoms with E-state index in [-0.39, 0.29) is 6.61 Å². The highest BCUT2D eigenvalue weighted by atomic mass is 35.5. The van der Waals surface area contributed by atoms with Gasteiger partial charge in [-0.25, -0.2) is 4.79 Å². The minimum Gasteiger partial charge on any atom is -0.485 e. The largest absolute Gasteiger partial charge is 0.485 e. The van der Waals surface area contributed by atoms with Crippen LogP contribution in [0.3, 0.4) is 0 Å². The first-order valence-corrected chi connectivity index (χ1v) is 8.43.